The zero-order valence-electron chi connectivity index (χ0n) is 16.1. The minimum atomic E-state index is -0.445. The minimum Gasteiger partial charge on any atom is -0.460 e. The smallest absolute Gasteiger partial charge is 0.308 e. The van der Waals surface area contributed by atoms with Gasteiger partial charge in [-0.05, 0) is 26.7 Å². The topological polar surface area (TPSA) is 63.2 Å². The zero-order chi connectivity index (χ0) is 18.3. The van der Waals surface area contributed by atoms with Crippen LogP contribution in [0.3, 0.4) is 0 Å². The van der Waals surface area contributed by atoms with Crippen molar-refractivity contribution < 1.29 is 28.5 Å². The fourth-order valence-corrected chi connectivity index (χ4v) is 1.61. The van der Waals surface area contributed by atoms with Crippen LogP contribution in [-0.4, -0.2) is 64.4 Å². The molecule has 0 aromatic heterocycles. The van der Waals surface area contributed by atoms with Crippen molar-refractivity contribution in [2.24, 2.45) is 5.92 Å². The first-order chi connectivity index (χ1) is 11.3. The van der Waals surface area contributed by atoms with Crippen molar-refractivity contribution in [3.05, 3.63) is 0 Å². The molecule has 0 bridgehead atoms. The van der Waals surface area contributed by atoms with Gasteiger partial charge in [0, 0.05) is 6.61 Å². The summed E-state index contributed by atoms with van der Waals surface area (Å²) in [5, 5.41) is 0. The van der Waals surface area contributed by atoms with Crippen LogP contribution in [0.15, 0.2) is 0 Å². The molecule has 0 N–H and O–H groups in total. The molecule has 1 atom stereocenters. The number of hydrogen-bond acceptors (Lipinski definition) is 6. The maximum atomic E-state index is 11.4. The highest BCUT2D eigenvalue weighted by atomic mass is 16.6. The molecule has 24 heavy (non-hydrogen) atoms. The van der Waals surface area contributed by atoms with Gasteiger partial charge in [0.05, 0.1) is 52.7 Å². The molecule has 0 radical (unpaired) electrons. The standard InChI is InChI=1S/C18H36O6/c1-6-16(2)15-23-14-13-22-12-11-21-10-9-20-8-7-17(19)24-18(3,4)5/h16H,6-15H2,1-5H3. The van der Waals surface area contributed by atoms with Gasteiger partial charge in [0.15, 0.2) is 0 Å². The zero-order valence-corrected chi connectivity index (χ0v) is 16.1. The van der Waals surface area contributed by atoms with Crippen LogP contribution in [0.5, 0.6) is 0 Å². The Morgan fingerprint density at radius 2 is 1.29 bits per heavy atom. The van der Waals surface area contributed by atoms with Crippen LogP contribution in [0.4, 0.5) is 0 Å². The summed E-state index contributed by atoms with van der Waals surface area (Å²) in [6.45, 7) is 14.2. The van der Waals surface area contributed by atoms with E-state index in [1.54, 1.807) is 0 Å². The molecule has 0 rings (SSSR count). The molecule has 6 heteroatoms. The van der Waals surface area contributed by atoms with Gasteiger partial charge < -0.3 is 23.7 Å². The predicted octanol–water partition coefficient (Wildman–Crippen LogP) is 2.83. The normalized spacial score (nSPS) is 13.0. The highest BCUT2D eigenvalue weighted by molar-refractivity contribution is 5.69. The highest BCUT2D eigenvalue weighted by Gasteiger charge is 2.15. The van der Waals surface area contributed by atoms with Crippen molar-refractivity contribution >= 4 is 5.97 Å². The van der Waals surface area contributed by atoms with E-state index >= 15 is 0 Å². The summed E-state index contributed by atoms with van der Waals surface area (Å²) in [5.74, 6) is 0.357. The SMILES string of the molecule is CCC(C)COCCOCCOCCOCCC(=O)OC(C)(C)C. The van der Waals surface area contributed by atoms with Gasteiger partial charge in [-0.2, -0.15) is 0 Å². The summed E-state index contributed by atoms with van der Waals surface area (Å²) < 4.78 is 26.8. The van der Waals surface area contributed by atoms with Crippen molar-refractivity contribution in [3.63, 3.8) is 0 Å². The van der Waals surface area contributed by atoms with Crippen LogP contribution in [-0.2, 0) is 28.5 Å². The number of carbonyl (C=O) groups is 1. The molecule has 6 nitrogen and oxygen atoms in total. The van der Waals surface area contributed by atoms with Crippen molar-refractivity contribution in [2.45, 2.75) is 53.1 Å². The molecule has 0 fully saturated rings. The van der Waals surface area contributed by atoms with Crippen LogP contribution >= 0.6 is 0 Å². The Labute approximate surface area is 147 Å². The highest BCUT2D eigenvalue weighted by Crippen LogP contribution is 2.08. The van der Waals surface area contributed by atoms with Crippen LogP contribution in [0.2, 0.25) is 0 Å². The number of carbonyl (C=O) groups excluding carboxylic acids is 1. The maximum absolute atomic E-state index is 11.4. The van der Waals surface area contributed by atoms with Gasteiger partial charge in [-0.1, -0.05) is 20.3 Å². The third-order valence-electron chi connectivity index (χ3n) is 3.09. The number of rotatable bonds is 15. The van der Waals surface area contributed by atoms with Gasteiger partial charge in [0.1, 0.15) is 5.60 Å². The molecular weight excluding hydrogens is 312 g/mol. The third-order valence-corrected chi connectivity index (χ3v) is 3.09. The van der Waals surface area contributed by atoms with E-state index in [9.17, 15) is 4.79 Å². The Kier molecular flexibility index (Phi) is 14.2. The molecule has 1 unspecified atom stereocenters. The van der Waals surface area contributed by atoms with Crippen molar-refractivity contribution in [1.29, 1.82) is 0 Å². The van der Waals surface area contributed by atoms with E-state index < -0.39 is 5.60 Å². The Morgan fingerprint density at radius 3 is 1.75 bits per heavy atom. The molecule has 0 aliphatic heterocycles. The van der Waals surface area contributed by atoms with E-state index in [1.807, 2.05) is 20.8 Å². The van der Waals surface area contributed by atoms with Crippen LogP contribution < -0.4 is 0 Å². The largest absolute Gasteiger partial charge is 0.460 e. The molecule has 0 aliphatic rings. The molecule has 144 valence electrons. The lowest BCUT2D eigenvalue weighted by Crippen LogP contribution is -2.24. The second-order valence-corrected chi connectivity index (χ2v) is 6.76. The fraction of sp³-hybridized carbons (Fsp3) is 0.944. The van der Waals surface area contributed by atoms with Gasteiger partial charge in [0.25, 0.3) is 0 Å². The summed E-state index contributed by atoms with van der Waals surface area (Å²) in [5.41, 5.74) is -0.445. The molecule has 0 heterocycles. The first-order valence-corrected chi connectivity index (χ1v) is 8.88. The second kappa shape index (κ2) is 14.6. The lowest BCUT2D eigenvalue weighted by Gasteiger charge is -2.19. The molecule has 0 spiro atoms. The number of hydrogen-bond donors (Lipinski definition) is 0. The summed E-state index contributed by atoms with van der Waals surface area (Å²) in [4.78, 5) is 11.4. The van der Waals surface area contributed by atoms with E-state index in [-0.39, 0.29) is 12.4 Å². The Bertz CT molecular complexity index is 300. The quantitative estimate of drug-likeness (QED) is 0.335. The first-order valence-electron chi connectivity index (χ1n) is 8.88. The molecule has 0 amide bonds. The van der Waals surface area contributed by atoms with Gasteiger partial charge >= 0.3 is 5.97 Å². The Morgan fingerprint density at radius 1 is 0.833 bits per heavy atom. The summed E-state index contributed by atoms with van der Waals surface area (Å²) >= 11 is 0. The number of esters is 1. The second-order valence-electron chi connectivity index (χ2n) is 6.76. The van der Waals surface area contributed by atoms with Crippen LogP contribution in [0.25, 0.3) is 0 Å². The molecular formula is C18H36O6. The predicted molar refractivity (Wildman–Crippen MR) is 93.2 cm³/mol. The van der Waals surface area contributed by atoms with Gasteiger partial charge in [-0.15, -0.1) is 0 Å². The van der Waals surface area contributed by atoms with Gasteiger partial charge in [-0.3, -0.25) is 4.79 Å². The molecule has 0 aliphatic carbocycles. The van der Waals surface area contributed by atoms with Gasteiger partial charge in [-0.25, -0.2) is 0 Å². The molecule has 0 aromatic rings. The maximum Gasteiger partial charge on any atom is 0.308 e. The number of ether oxygens (including phenoxy) is 5. The van der Waals surface area contributed by atoms with Crippen molar-refractivity contribution in [3.8, 4) is 0 Å². The van der Waals surface area contributed by atoms with E-state index in [4.69, 9.17) is 23.7 Å². The molecule has 0 saturated carbocycles. The fourth-order valence-electron chi connectivity index (χ4n) is 1.61. The lowest BCUT2D eigenvalue weighted by atomic mass is 10.1. The molecule has 0 saturated heterocycles. The van der Waals surface area contributed by atoms with E-state index in [0.717, 1.165) is 13.0 Å². The minimum absolute atomic E-state index is 0.243. The average Bonchev–Trinajstić information content (AvgIpc) is 2.49. The Balaban J connectivity index is 3.19. The Hall–Kier alpha value is -0.690. The summed E-state index contributed by atoms with van der Waals surface area (Å²) in [7, 11) is 0. The monoisotopic (exact) mass is 348 g/mol. The van der Waals surface area contributed by atoms with E-state index in [2.05, 4.69) is 13.8 Å². The average molecular weight is 348 g/mol. The summed E-state index contributed by atoms with van der Waals surface area (Å²) in [6.07, 6.45) is 1.39. The van der Waals surface area contributed by atoms with Gasteiger partial charge in [0.2, 0.25) is 0 Å². The summed E-state index contributed by atoms with van der Waals surface area (Å²) in [6, 6.07) is 0. The van der Waals surface area contributed by atoms with Crippen molar-refractivity contribution in [2.75, 3.05) is 52.9 Å². The molecule has 0 aromatic carbocycles. The third kappa shape index (κ3) is 17.7. The van der Waals surface area contributed by atoms with E-state index in [1.165, 1.54) is 0 Å². The first kappa shape index (κ1) is 23.3. The van der Waals surface area contributed by atoms with Crippen LogP contribution in [0, 0.1) is 5.92 Å². The van der Waals surface area contributed by atoms with Crippen LogP contribution in [0.1, 0.15) is 47.5 Å². The van der Waals surface area contributed by atoms with Crippen molar-refractivity contribution in [1.82, 2.24) is 0 Å². The lowest BCUT2D eigenvalue weighted by molar-refractivity contribution is -0.156. The van der Waals surface area contributed by atoms with E-state index in [0.29, 0.717) is 52.2 Å².